The Morgan fingerprint density at radius 2 is 2.00 bits per heavy atom. The van der Waals surface area contributed by atoms with Gasteiger partial charge in [0.05, 0.1) is 6.61 Å². The van der Waals surface area contributed by atoms with Crippen LogP contribution in [0.15, 0.2) is 4.99 Å². The van der Waals surface area contributed by atoms with Gasteiger partial charge in [-0.05, 0) is 6.92 Å². The number of nitrogens with zero attached hydrogens (tertiary/aromatic N) is 1. The van der Waals surface area contributed by atoms with Crippen LogP contribution in [0.5, 0.6) is 0 Å². The molecule has 0 radical (unpaired) electrons. The summed E-state index contributed by atoms with van der Waals surface area (Å²) >= 11 is 5.47. The van der Waals surface area contributed by atoms with Crippen molar-refractivity contribution in [1.82, 2.24) is 0 Å². The maximum atomic E-state index is 10.9. The van der Waals surface area contributed by atoms with Crippen molar-refractivity contribution < 1.29 is 14.3 Å². The molecule has 0 fully saturated rings. The van der Waals surface area contributed by atoms with E-state index in [-0.39, 0.29) is 23.9 Å². The van der Waals surface area contributed by atoms with Crippen LogP contribution >= 0.6 is 11.6 Å². The number of esters is 1. The van der Waals surface area contributed by atoms with E-state index in [2.05, 4.69) is 9.73 Å². The Bertz CT molecular complexity index is 225. The number of carbonyl (C=O) groups is 2. The van der Waals surface area contributed by atoms with Crippen molar-refractivity contribution in [3.05, 3.63) is 0 Å². The lowest BCUT2D eigenvalue weighted by molar-refractivity contribution is -0.141. The SMILES string of the molecule is CCOC(=O)CN=C(Cl)C(=O)CC. The van der Waals surface area contributed by atoms with E-state index in [1.54, 1.807) is 13.8 Å². The number of ketones is 1. The summed E-state index contributed by atoms with van der Waals surface area (Å²) in [5.41, 5.74) is 0. The molecule has 0 rings (SSSR count). The molecule has 0 aliphatic rings. The molecular formula is C8H12ClNO3. The average Bonchev–Trinajstić information content (AvgIpc) is 2.13. The fourth-order valence-electron chi connectivity index (χ4n) is 0.575. The Morgan fingerprint density at radius 3 is 2.46 bits per heavy atom. The van der Waals surface area contributed by atoms with Gasteiger partial charge in [0, 0.05) is 6.42 Å². The smallest absolute Gasteiger partial charge is 0.327 e. The normalized spacial score (nSPS) is 11.2. The lowest BCUT2D eigenvalue weighted by Crippen LogP contribution is -2.12. The number of aliphatic imine (C=N–C) groups is 1. The van der Waals surface area contributed by atoms with Gasteiger partial charge in [0.1, 0.15) is 6.54 Å². The minimum absolute atomic E-state index is 0.143. The molecule has 74 valence electrons. The van der Waals surface area contributed by atoms with E-state index in [4.69, 9.17) is 11.6 Å². The molecule has 0 bridgehead atoms. The van der Waals surface area contributed by atoms with Crippen LogP contribution in [-0.2, 0) is 14.3 Å². The molecule has 0 spiro atoms. The number of ether oxygens (including phenoxy) is 1. The van der Waals surface area contributed by atoms with E-state index in [1.165, 1.54) is 0 Å². The highest BCUT2D eigenvalue weighted by Gasteiger charge is 2.06. The summed E-state index contributed by atoms with van der Waals surface area (Å²) in [4.78, 5) is 25.2. The number of carbonyl (C=O) groups excluding carboxylic acids is 2. The zero-order valence-electron chi connectivity index (χ0n) is 7.67. The molecule has 0 amide bonds. The number of Topliss-reactive ketones (excluding diaryl/α,β-unsaturated/α-hetero) is 1. The molecule has 0 saturated carbocycles. The molecule has 0 aliphatic heterocycles. The minimum atomic E-state index is -0.482. The third-order valence-electron chi connectivity index (χ3n) is 1.20. The first kappa shape index (κ1) is 12.1. The molecule has 0 saturated heterocycles. The van der Waals surface area contributed by atoms with E-state index in [0.717, 1.165) is 0 Å². The molecular weight excluding hydrogens is 194 g/mol. The van der Waals surface area contributed by atoms with Crippen molar-refractivity contribution in [2.75, 3.05) is 13.2 Å². The van der Waals surface area contributed by atoms with E-state index in [1.807, 2.05) is 0 Å². The van der Waals surface area contributed by atoms with Gasteiger partial charge in [-0.1, -0.05) is 18.5 Å². The number of hydrogen-bond acceptors (Lipinski definition) is 4. The van der Waals surface area contributed by atoms with Gasteiger partial charge < -0.3 is 4.74 Å². The van der Waals surface area contributed by atoms with Gasteiger partial charge in [0.15, 0.2) is 11.0 Å². The molecule has 0 heterocycles. The summed E-state index contributed by atoms with van der Waals surface area (Å²) in [7, 11) is 0. The Kier molecular flexibility index (Phi) is 6.14. The predicted molar refractivity (Wildman–Crippen MR) is 50.1 cm³/mol. The molecule has 0 aromatic heterocycles. The van der Waals surface area contributed by atoms with Crippen LogP contribution in [0.3, 0.4) is 0 Å². The average molecular weight is 206 g/mol. The van der Waals surface area contributed by atoms with Crippen LogP contribution in [0, 0.1) is 0 Å². The van der Waals surface area contributed by atoms with Crippen molar-refractivity contribution in [1.29, 1.82) is 0 Å². The summed E-state index contributed by atoms with van der Waals surface area (Å²) in [5.74, 6) is -0.754. The molecule has 5 heteroatoms. The maximum absolute atomic E-state index is 10.9. The van der Waals surface area contributed by atoms with Crippen LogP contribution in [-0.4, -0.2) is 30.1 Å². The van der Waals surface area contributed by atoms with E-state index >= 15 is 0 Å². The highest BCUT2D eigenvalue weighted by molar-refractivity contribution is 6.83. The largest absolute Gasteiger partial charge is 0.465 e. The minimum Gasteiger partial charge on any atom is -0.465 e. The third kappa shape index (κ3) is 5.36. The topological polar surface area (TPSA) is 55.7 Å². The molecule has 0 unspecified atom stereocenters. The first-order valence-electron chi connectivity index (χ1n) is 4.00. The maximum Gasteiger partial charge on any atom is 0.327 e. The second-order valence-electron chi connectivity index (χ2n) is 2.19. The summed E-state index contributed by atoms with van der Waals surface area (Å²) in [6.07, 6.45) is 0.283. The molecule has 0 aromatic carbocycles. The van der Waals surface area contributed by atoms with Crippen LogP contribution in [0.4, 0.5) is 0 Å². The van der Waals surface area contributed by atoms with Crippen molar-refractivity contribution in [3.8, 4) is 0 Å². The standard InChI is InChI=1S/C8H12ClNO3/c1-3-6(11)8(9)10-5-7(12)13-4-2/h3-5H2,1-2H3. The second kappa shape index (κ2) is 6.60. The zero-order valence-corrected chi connectivity index (χ0v) is 8.43. The molecule has 0 N–H and O–H groups in total. The molecule has 0 aliphatic carbocycles. The fourth-order valence-corrected chi connectivity index (χ4v) is 0.768. The highest BCUT2D eigenvalue weighted by Crippen LogP contribution is 1.93. The first-order valence-corrected chi connectivity index (χ1v) is 4.38. The van der Waals surface area contributed by atoms with Gasteiger partial charge in [-0.15, -0.1) is 0 Å². The highest BCUT2D eigenvalue weighted by atomic mass is 35.5. The molecule has 0 aromatic rings. The summed E-state index contributed by atoms with van der Waals surface area (Å²) in [6, 6.07) is 0. The van der Waals surface area contributed by atoms with Crippen LogP contribution in [0.2, 0.25) is 0 Å². The Hall–Kier alpha value is -0.900. The fraction of sp³-hybridized carbons (Fsp3) is 0.625. The van der Waals surface area contributed by atoms with Crippen LogP contribution in [0.25, 0.3) is 0 Å². The summed E-state index contributed by atoms with van der Waals surface area (Å²) in [5, 5.41) is -0.143. The van der Waals surface area contributed by atoms with Crippen LogP contribution in [0.1, 0.15) is 20.3 Å². The third-order valence-corrected chi connectivity index (χ3v) is 1.53. The second-order valence-corrected chi connectivity index (χ2v) is 2.55. The van der Waals surface area contributed by atoms with Gasteiger partial charge in [0.25, 0.3) is 0 Å². The predicted octanol–water partition coefficient (Wildman–Crippen LogP) is 1.17. The lowest BCUT2D eigenvalue weighted by Gasteiger charge is -1.97. The summed E-state index contributed by atoms with van der Waals surface area (Å²) < 4.78 is 4.59. The number of halogens is 1. The quantitative estimate of drug-likeness (QED) is 0.500. The number of hydrogen-bond donors (Lipinski definition) is 0. The van der Waals surface area contributed by atoms with Crippen molar-refractivity contribution >= 4 is 28.5 Å². The van der Waals surface area contributed by atoms with Crippen molar-refractivity contribution in [2.45, 2.75) is 20.3 Å². The molecule has 0 atom stereocenters. The first-order chi connectivity index (χ1) is 6.11. The Labute approximate surface area is 81.9 Å². The molecule has 13 heavy (non-hydrogen) atoms. The van der Waals surface area contributed by atoms with Gasteiger partial charge >= 0.3 is 5.97 Å². The monoisotopic (exact) mass is 205 g/mol. The zero-order chi connectivity index (χ0) is 10.3. The van der Waals surface area contributed by atoms with Crippen molar-refractivity contribution in [2.24, 2.45) is 4.99 Å². The van der Waals surface area contributed by atoms with Crippen molar-refractivity contribution in [3.63, 3.8) is 0 Å². The van der Waals surface area contributed by atoms with E-state index < -0.39 is 5.97 Å². The molecule has 4 nitrogen and oxygen atoms in total. The van der Waals surface area contributed by atoms with Gasteiger partial charge in [-0.2, -0.15) is 0 Å². The summed E-state index contributed by atoms with van der Waals surface area (Å²) in [6.45, 7) is 3.47. The van der Waals surface area contributed by atoms with Gasteiger partial charge in [-0.25, -0.2) is 0 Å². The van der Waals surface area contributed by atoms with Gasteiger partial charge in [-0.3, -0.25) is 14.6 Å². The Morgan fingerprint density at radius 1 is 1.38 bits per heavy atom. The number of rotatable bonds is 5. The Balaban J connectivity index is 3.96. The van der Waals surface area contributed by atoms with E-state index in [0.29, 0.717) is 6.61 Å². The van der Waals surface area contributed by atoms with Crippen LogP contribution < -0.4 is 0 Å². The van der Waals surface area contributed by atoms with E-state index in [9.17, 15) is 9.59 Å². The van der Waals surface area contributed by atoms with Gasteiger partial charge in [0.2, 0.25) is 0 Å². The lowest BCUT2D eigenvalue weighted by atomic mass is 10.3.